The van der Waals surface area contributed by atoms with E-state index < -0.39 is 0 Å². The summed E-state index contributed by atoms with van der Waals surface area (Å²) in [7, 11) is 1.68. The number of benzene rings is 2. The summed E-state index contributed by atoms with van der Waals surface area (Å²) < 4.78 is 7.53. The van der Waals surface area contributed by atoms with Crippen LogP contribution in [0.5, 0.6) is 5.75 Å². The third-order valence-corrected chi connectivity index (χ3v) is 4.69. The van der Waals surface area contributed by atoms with Crippen molar-refractivity contribution < 1.29 is 4.74 Å². The maximum absolute atomic E-state index is 8.80. The third-order valence-electron chi connectivity index (χ3n) is 4.69. The molecule has 0 saturated heterocycles. The molecule has 3 heteroatoms. The number of aryl methyl sites for hydroxylation is 1. The molecule has 0 spiro atoms. The Labute approximate surface area is 141 Å². The summed E-state index contributed by atoms with van der Waals surface area (Å²) in [5.41, 5.74) is 6.13. The standard InChI is InChI=1S/C21H20N2O/c1-24-18-11-5-9-16(13-18)20-19(15-7-3-2-4-8-15)14-17-10-6-12-23(17)21(20)22/h2-5,7-9,11,13-14,22H,6,10,12H2,1H3. The molecule has 1 aromatic heterocycles. The van der Waals surface area contributed by atoms with E-state index in [2.05, 4.69) is 41.0 Å². The van der Waals surface area contributed by atoms with Gasteiger partial charge in [0.2, 0.25) is 0 Å². The van der Waals surface area contributed by atoms with E-state index in [1.54, 1.807) is 7.11 Å². The Balaban J connectivity index is 2.02. The zero-order valence-corrected chi connectivity index (χ0v) is 13.8. The van der Waals surface area contributed by atoms with Gasteiger partial charge in [-0.3, -0.25) is 5.41 Å². The van der Waals surface area contributed by atoms with Gasteiger partial charge >= 0.3 is 0 Å². The van der Waals surface area contributed by atoms with Crippen molar-refractivity contribution in [3.63, 3.8) is 0 Å². The minimum Gasteiger partial charge on any atom is -0.497 e. The molecule has 0 bridgehead atoms. The van der Waals surface area contributed by atoms with Gasteiger partial charge in [-0.15, -0.1) is 0 Å². The number of methoxy groups -OCH3 is 1. The second kappa shape index (κ2) is 6.00. The van der Waals surface area contributed by atoms with Gasteiger partial charge in [0, 0.05) is 17.8 Å². The molecule has 24 heavy (non-hydrogen) atoms. The lowest BCUT2D eigenvalue weighted by atomic mass is 9.94. The van der Waals surface area contributed by atoms with Crippen LogP contribution >= 0.6 is 0 Å². The fourth-order valence-electron chi connectivity index (χ4n) is 3.52. The SMILES string of the molecule is COc1cccc(-c2c(-c3ccccc3)cc3n(c2=N)CCC3)c1. The average molecular weight is 316 g/mol. The van der Waals surface area contributed by atoms with Crippen molar-refractivity contribution in [1.29, 1.82) is 5.41 Å². The maximum Gasteiger partial charge on any atom is 0.133 e. The van der Waals surface area contributed by atoms with Gasteiger partial charge in [0.15, 0.2) is 0 Å². The van der Waals surface area contributed by atoms with Crippen molar-refractivity contribution in [3.05, 3.63) is 71.8 Å². The van der Waals surface area contributed by atoms with E-state index in [-0.39, 0.29) is 0 Å². The molecule has 0 unspecified atom stereocenters. The van der Waals surface area contributed by atoms with Gasteiger partial charge in [-0.1, -0.05) is 42.5 Å². The number of fused-ring (bicyclic) bond motifs is 1. The molecular formula is C21H20N2O. The van der Waals surface area contributed by atoms with Crippen LogP contribution in [0.25, 0.3) is 22.3 Å². The molecule has 2 aromatic carbocycles. The zero-order valence-electron chi connectivity index (χ0n) is 13.8. The zero-order chi connectivity index (χ0) is 16.5. The van der Waals surface area contributed by atoms with Crippen LogP contribution in [0.3, 0.4) is 0 Å². The number of hydrogen-bond donors (Lipinski definition) is 1. The lowest BCUT2D eigenvalue weighted by molar-refractivity contribution is 0.415. The largest absolute Gasteiger partial charge is 0.497 e. The van der Waals surface area contributed by atoms with Crippen LogP contribution < -0.4 is 10.2 Å². The average Bonchev–Trinajstić information content (AvgIpc) is 3.11. The fourth-order valence-corrected chi connectivity index (χ4v) is 3.52. The second-order valence-electron chi connectivity index (χ2n) is 6.13. The Morgan fingerprint density at radius 3 is 2.54 bits per heavy atom. The van der Waals surface area contributed by atoms with Crippen molar-refractivity contribution in [2.24, 2.45) is 0 Å². The van der Waals surface area contributed by atoms with Gasteiger partial charge in [-0.05, 0) is 47.7 Å². The molecule has 3 aromatic rings. The molecule has 0 radical (unpaired) electrons. The molecule has 120 valence electrons. The highest BCUT2D eigenvalue weighted by atomic mass is 16.5. The van der Waals surface area contributed by atoms with E-state index in [0.717, 1.165) is 47.4 Å². The number of pyridine rings is 1. The molecule has 1 N–H and O–H groups in total. The number of aromatic nitrogens is 1. The molecular weight excluding hydrogens is 296 g/mol. The normalized spacial score (nSPS) is 12.9. The van der Waals surface area contributed by atoms with Crippen molar-refractivity contribution in [3.8, 4) is 28.0 Å². The minimum atomic E-state index is 0.595. The molecule has 4 rings (SSSR count). The minimum absolute atomic E-state index is 0.595. The Morgan fingerprint density at radius 2 is 1.75 bits per heavy atom. The van der Waals surface area contributed by atoms with Gasteiger partial charge in [0.1, 0.15) is 11.2 Å². The predicted molar refractivity (Wildman–Crippen MR) is 96.0 cm³/mol. The van der Waals surface area contributed by atoms with Crippen LogP contribution in [0, 0.1) is 5.41 Å². The monoisotopic (exact) mass is 316 g/mol. The van der Waals surface area contributed by atoms with Crippen LogP contribution in [0.2, 0.25) is 0 Å². The first-order valence-electron chi connectivity index (χ1n) is 8.29. The van der Waals surface area contributed by atoms with Gasteiger partial charge < -0.3 is 9.30 Å². The number of nitrogens with one attached hydrogen (secondary N) is 1. The molecule has 3 nitrogen and oxygen atoms in total. The molecule has 2 heterocycles. The second-order valence-corrected chi connectivity index (χ2v) is 6.13. The summed E-state index contributed by atoms with van der Waals surface area (Å²) in [6, 6.07) is 20.6. The van der Waals surface area contributed by atoms with E-state index >= 15 is 0 Å². The van der Waals surface area contributed by atoms with Gasteiger partial charge in [-0.2, -0.15) is 0 Å². The van der Waals surface area contributed by atoms with E-state index in [9.17, 15) is 0 Å². The van der Waals surface area contributed by atoms with E-state index in [4.69, 9.17) is 10.1 Å². The summed E-state index contributed by atoms with van der Waals surface area (Å²) >= 11 is 0. The van der Waals surface area contributed by atoms with Crippen LogP contribution in [-0.2, 0) is 13.0 Å². The molecule has 0 saturated carbocycles. The topological polar surface area (TPSA) is 38.0 Å². The quantitative estimate of drug-likeness (QED) is 0.770. The summed E-state index contributed by atoms with van der Waals surface area (Å²) in [5.74, 6) is 0.816. The highest BCUT2D eigenvalue weighted by Gasteiger charge is 2.18. The lowest BCUT2D eigenvalue weighted by Crippen LogP contribution is -2.22. The van der Waals surface area contributed by atoms with Gasteiger partial charge in [0.05, 0.1) is 7.11 Å². The molecule has 1 aliphatic rings. The number of ether oxygens (including phenoxy) is 1. The van der Waals surface area contributed by atoms with Crippen molar-refractivity contribution in [1.82, 2.24) is 4.57 Å². The van der Waals surface area contributed by atoms with Crippen molar-refractivity contribution in [2.45, 2.75) is 19.4 Å². The first-order chi connectivity index (χ1) is 11.8. The fraction of sp³-hybridized carbons (Fsp3) is 0.190. The van der Waals surface area contributed by atoms with E-state index in [0.29, 0.717) is 5.49 Å². The Morgan fingerprint density at radius 1 is 0.958 bits per heavy atom. The molecule has 0 fully saturated rings. The van der Waals surface area contributed by atoms with Gasteiger partial charge in [-0.25, -0.2) is 0 Å². The Bertz CT molecular complexity index is 942. The van der Waals surface area contributed by atoms with Crippen molar-refractivity contribution in [2.75, 3.05) is 7.11 Å². The van der Waals surface area contributed by atoms with Crippen LogP contribution in [0.4, 0.5) is 0 Å². The number of hydrogen-bond acceptors (Lipinski definition) is 2. The molecule has 0 atom stereocenters. The van der Waals surface area contributed by atoms with Crippen LogP contribution in [0.1, 0.15) is 12.1 Å². The molecule has 0 aliphatic carbocycles. The Hall–Kier alpha value is -2.81. The third kappa shape index (κ3) is 2.42. The number of rotatable bonds is 3. The molecule has 1 aliphatic heterocycles. The van der Waals surface area contributed by atoms with E-state index in [1.807, 2.05) is 24.3 Å². The lowest BCUT2D eigenvalue weighted by Gasteiger charge is -2.16. The van der Waals surface area contributed by atoms with Crippen LogP contribution in [0.15, 0.2) is 60.7 Å². The van der Waals surface area contributed by atoms with E-state index in [1.165, 1.54) is 5.69 Å². The summed E-state index contributed by atoms with van der Waals surface area (Å²) in [5, 5.41) is 8.80. The smallest absolute Gasteiger partial charge is 0.133 e. The number of nitrogens with zero attached hydrogens (tertiary/aromatic N) is 1. The first-order valence-corrected chi connectivity index (χ1v) is 8.29. The first kappa shape index (κ1) is 14.8. The predicted octanol–water partition coefficient (Wildman–Crippen LogP) is 4.26. The summed E-state index contributed by atoms with van der Waals surface area (Å²) in [6.45, 7) is 0.931. The summed E-state index contributed by atoms with van der Waals surface area (Å²) in [4.78, 5) is 0. The van der Waals surface area contributed by atoms with Crippen molar-refractivity contribution >= 4 is 0 Å². The summed E-state index contributed by atoms with van der Waals surface area (Å²) in [6.07, 6.45) is 2.16. The Kier molecular flexibility index (Phi) is 3.69. The van der Waals surface area contributed by atoms with Crippen LogP contribution in [-0.4, -0.2) is 11.7 Å². The van der Waals surface area contributed by atoms with Gasteiger partial charge in [0.25, 0.3) is 0 Å². The highest BCUT2D eigenvalue weighted by Crippen LogP contribution is 2.33. The highest BCUT2D eigenvalue weighted by molar-refractivity contribution is 5.83. The molecule has 0 amide bonds. The maximum atomic E-state index is 8.80.